The smallest absolute Gasteiger partial charge is 0.119 e. The van der Waals surface area contributed by atoms with E-state index in [0.717, 1.165) is 11.5 Å². The Morgan fingerprint density at radius 1 is 0.513 bits per heavy atom. The normalized spacial score (nSPS) is 12.8. The standard InChI is InChI=1S/C35H34O4/c1-3-21-36-23-25-38-29-17-13-27(14-18-29)35(28-15-19-30(20-16-28)39-26-24-37-22-4-2)33-11-7-5-9-31(33)32-10-6-8-12-34(32)35/h3-20H,1-2,21-26H2. The van der Waals surface area contributed by atoms with E-state index in [1.54, 1.807) is 12.2 Å². The predicted octanol–water partition coefficient (Wildman–Crippen LogP) is 7.21. The van der Waals surface area contributed by atoms with Crippen molar-refractivity contribution in [3.8, 4) is 22.6 Å². The summed E-state index contributed by atoms with van der Waals surface area (Å²) < 4.78 is 22.8. The lowest BCUT2D eigenvalue weighted by Crippen LogP contribution is -2.28. The van der Waals surface area contributed by atoms with Crippen molar-refractivity contribution in [1.82, 2.24) is 0 Å². The van der Waals surface area contributed by atoms with Crippen molar-refractivity contribution in [2.24, 2.45) is 0 Å². The lowest BCUT2D eigenvalue weighted by atomic mass is 9.68. The molecule has 5 rings (SSSR count). The minimum Gasteiger partial charge on any atom is -0.491 e. The molecule has 0 N–H and O–H groups in total. The third kappa shape index (κ3) is 5.40. The fraction of sp³-hybridized carbons (Fsp3) is 0.200. The van der Waals surface area contributed by atoms with Gasteiger partial charge in [0.15, 0.2) is 0 Å². The number of hydrogen-bond acceptors (Lipinski definition) is 4. The maximum Gasteiger partial charge on any atom is 0.119 e. The molecule has 4 heteroatoms. The molecule has 0 fully saturated rings. The molecule has 0 heterocycles. The van der Waals surface area contributed by atoms with Gasteiger partial charge in [-0.05, 0) is 57.6 Å². The Kier molecular flexibility index (Phi) is 8.57. The number of benzene rings is 4. The van der Waals surface area contributed by atoms with Gasteiger partial charge in [0.05, 0.1) is 31.8 Å². The second-order valence-corrected chi connectivity index (χ2v) is 9.31. The monoisotopic (exact) mass is 518 g/mol. The van der Waals surface area contributed by atoms with E-state index < -0.39 is 5.41 Å². The highest BCUT2D eigenvalue weighted by atomic mass is 16.5. The minimum absolute atomic E-state index is 0.468. The molecule has 0 saturated carbocycles. The number of hydrogen-bond donors (Lipinski definition) is 0. The van der Waals surface area contributed by atoms with E-state index in [1.165, 1.54) is 33.4 Å². The molecule has 0 saturated heterocycles. The zero-order valence-corrected chi connectivity index (χ0v) is 22.2. The summed E-state index contributed by atoms with van der Waals surface area (Å²) in [5.41, 5.74) is 6.95. The third-order valence-electron chi connectivity index (χ3n) is 6.99. The van der Waals surface area contributed by atoms with Gasteiger partial charge < -0.3 is 18.9 Å². The van der Waals surface area contributed by atoms with Crippen LogP contribution in [0.3, 0.4) is 0 Å². The summed E-state index contributed by atoms with van der Waals surface area (Å²) in [6.07, 6.45) is 3.48. The van der Waals surface area contributed by atoms with Gasteiger partial charge in [-0.25, -0.2) is 0 Å². The van der Waals surface area contributed by atoms with Gasteiger partial charge in [0.1, 0.15) is 24.7 Å². The molecule has 4 nitrogen and oxygen atoms in total. The first-order chi connectivity index (χ1) is 19.3. The average Bonchev–Trinajstić information content (AvgIpc) is 3.29. The van der Waals surface area contributed by atoms with Crippen LogP contribution in [0.25, 0.3) is 11.1 Å². The predicted molar refractivity (Wildman–Crippen MR) is 157 cm³/mol. The Labute approximate surface area is 231 Å². The Morgan fingerprint density at radius 3 is 1.33 bits per heavy atom. The maximum absolute atomic E-state index is 5.93. The summed E-state index contributed by atoms with van der Waals surface area (Å²) in [6.45, 7) is 10.4. The second kappa shape index (κ2) is 12.6. The van der Waals surface area contributed by atoms with E-state index in [4.69, 9.17) is 18.9 Å². The molecule has 4 aromatic carbocycles. The maximum atomic E-state index is 5.93. The van der Waals surface area contributed by atoms with Crippen molar-refractivity contribution in [3.05, 3.63) is 145 Å². The van der Waals surface area contributed by atoms with Crippen molar-refractivity contribution in [2.45, 2.75) is 5.41 Å². The number of rotatable bonds is 14. The van der Waals surface area contributed by atoms with E-state index in [9.17, 15) is 0 Å². The average molecular weight is 519 g/mol. The molecular formula is C35H34O4. The first kappa shape index (κ1) is 26.5. The van der Waals surface area contributed by atoms with Crippen molar-refractivity contribution in [2.75, 3.05) is 39.6 Å². The van der Waals surface area contributed by atoms with Crippen molar-refractivity contribution < 1.29 is 18.9 Å². The Morgan fingerprint density at radius 2 is 0.923 bits per heavy atom. The van der Waals surface area contributed by atoms with Gasteiger partial charge in [0.25, 0.3) is 0 Å². The van der Waals surface area contributed by atoms with Gasteiger partial charge in [-0.3, -0.25) is 0 Å². The first-order valence-corrected chi connectivity index (χ1v) is 13.3. The molecule has 0 amide bonds. The van der Waals surface area contributed by atoms with Gasteiger partial charge in [0.2, 0.25) is 0 Å². The third-order valence-corrected chi connectivity index (χ3v) is 6.99. The highest BCUT2D eigenvalue weighted by molar-refractivity contribution is 5.86. The van der Waals surface area contributed by atoms with Crippen LogP contribution in [0.15, 0.2) is 122 Å². The minimum atomic E-state index is -0.468. The van der Waals surface area contributed by atoms with Crippen LogP contribution in [0.1, 0.15) is 22.3 Å². The zero-order valence-electron chi connectivity index (χ0n) is 22.2. The van der Waals surface area contributed by atoms with Gasteiger partial charge in [0, 0.05) is 0 Å². The highest BCUT2D eigenvalue weighted by Crippen LogP contribution is 2.56. The van der Waals surface area contributed by atoms with E-state index in [2.05, 4.69) is 110 Å². The molecular weight excluding hydrogens is 484 g/mol. The summed E-state index contributed by atoms with van der Waals surface area (Å²) >= 11 is 0. The summed E-state index contributed by atoms with van der Waals surface area (Å²) in [5, 5.41) is 0. The molecule has 1 aliphatic carbocycles. The summed E-state index contributed by atoms with van der Waals surface area (Å²) in [7, 11) is 0. The van der Waals surface area contributed by atoms with Gasteiger partial charge >= 0.3 is 0 Å². The molecule has 0 unspecified atom stereocenters. The summed E-state index contributed by atoms with van der Waals surface area (Å²) in [4.78, 5) is 0. The second-order valence-electron chi connectivity index (χ2n) is 9.31. The molecule has 39 heavy (non-hydrogen) atoms. The van der Waals surface area contributed by atoms with Gasteiger partial charge in [-0.15, -0.1) is 13.2 Å². The molecule has 0 aliphatic heterocycles. The quantitative estimate of drug-likeness (QED) is 0.115. The van der Waals surface area contributed by atoms with Crippen molar-refractivity contribution in [1.29, 1.82) is 0 Å². The van der Waals surface area contributed by atoms with Crippen LogP contribution in [-0.4, -0.2) is 39.6 Å². The van der Waals surface area contributed by atoms with Crippen LogP contribution in [0.4, 0.5) is 0 Å². The Bertz CT molecular complexity index is 1280. The number of fused-ring (bicyclic) bond motifs is 3. The fourth-order valence-corrected chi connectivity index (χ4v) is 5.40. The fourth-order valence-electron chi connectivity index (χ4n) is 5.40. The molecule has 0 spiro atoms. The topological polar surface area (TPSA) is 36.9 Å². The molecule has 1 aliphatic rings. The largest absolute Gasteiger partial charge is 0.491 e. The van der Waals surface area contributed by atoms with E-state index in [-0.39, 0.29) is 0 Å². The van der Waals surface area contributed by atoms with Crippen LogP contribution in [0.5, 0.6) is 11.5 Å². The van der Waals surface area contributed by atoms with Crippen LogP contribution in [-0.2, 0) is 14.9 Å². The molecule has 0 atom stereocenters. The van der Waals surface area contributed by atoms with E-state index >= 15 is 0 Å². The van der Waals surface area contributed by atoms with Crippen LogP contribution >= 0.6 is 0 Å². The Balaban J connectivity index is 1.51. The highest BCUT2D eigenvalue weighted by Gasteiger charge is 2.45. The van der Waals surface area contributed by atoms with E-state index in [0.29, 0.717) is 39.6 Å². The first-order valence-electron chi connectivity index (χ1n) is 13.3. The lowest BCUT2D eigenvalue weighted by molar-refractivity contribution is 0.121. The SMILES string of the molecule is C=CCOCCOc1ccc(C2(c3ccc(OCCOCC=C)cc3)c3ccccc3-c3ccccc32)cc1. The van der Waals surface area contributed by atoms with Gasteiger partial charge in [-0.1, -0.05) is 84.9 Å². The zero-order chi connectivity index (χ0) is 26.9. The van der Waals surface area contributed by atoms with Crippen molar-refractivity contribution >= 4 is 0 Å². The Hall–Kier alpha value is -4.12. The van der Waals surface area contributed by atoms with Crippen LogP contribution in [0.2, 0.25) is 0 Å². The van der Waals surface area contributed by atoms with Crippen molar-refractivity contribution in [3.63, 3.8) is 0 Å². The molecule has 0 bridgehead atoms. The molecule has 0 radical (unpaired) electrons. The molecule has 4 aromatic rings. The molecule has 0 aromatic heterocycles. The van der Waals surface area contributed by atoms with Crippen LogP contribution in [0, 0.1) is 0 Å². The number of ether oxygens (including phenoxy) is 4. The summed E-state index contributed by atoms with van der Waals surface area (Å²) in [6, 6.07) is 34.3. The molecule has 198 valence electrons. The summed E-state index contributed by atoms with van der Waals surface area (Å²) in [5.74, 6) is 1.64. The van der Waals surface area contributed by atoms with E-state index in [1.807, 2.05) is 0 Å². The lowest BCUT2D eigenvalue weighted by Gasteiger charge is -2.34. The van der Waals surface area contributed by atoms with Gasteiger partial charge in [-0.2, -0.15) is 0 Å². The van der Waals surface area contributed by atoms with Crippen LogP contribution < -0.4 is 9.47 Å².